The minimum Gasteiger partial charge on any atom is -0.480 e. The van der Waals surface area contributed by atoms with Gasteiger partial charge in [-0.2, -0.15) is 0 Å². The van der Waals surface area contributed by atoms with Crippen LogP contribution in [-0.4, -0.2) is 77.6 Å². The van der Waals surface area contributed by atoms with E-state index in [0.29, 0.717) is 26.2 Å². The van der Waals surface area contributed by atoms with Crippen molar-refractivity contribution >= 4 is 17.9 Å². The molecule has 1 heterocycles. The first-order valence-electron chi connectivity index (χ1n) is 7.25. The summed E-state index contributed by atoms with van der Waals surface area (Å²) in [5, 5.41) is 14.0. The number of hydrogen-bond acceptors (Lipinski definition) is 5. The topological polar surface area (TPSA) is 102 Å². The van der Waals surface area contributed by atoms with Crippen molar-refractivity contribution in [3.8, 4) is 0 Å². The maximum Gasteiger partial charge on any atom is 0.321 e. The summed E-state index contributed by atoms with van der Waals surface area (Å²) in [4.78, 5) is 37.9. The molecule has 21 heavy (non-hydrogen) atoms. The van der Waals surface area contributed by atoms with Gasteiger partial charge in [0.1, 0.15) is 6.04 Å². The fourth-order valence-electron chi connectivity index (χ4n) is 2.28. The average Bonchev–Trinajstić information content (AvgIpc) is 3.22. The van der Waals surface area contributed by atoms with Gasteiger partial charge in [-0.25, -0.2) is 4.79 Å². The number of carbonyl (C=O) groups is 3. The van der Waals surface area contributed by atoms with Gasteiger partial charge in [0.15, 0.2) is 0 Å². The Balaban J connectivity index is 1.66. The third-order valence-electron chi connectivity index (χ3n) is 3.84. The zero-order valence-corrected chi connectivity index (χ0v) is 12.2. The van der Waals surface area contributed by atoms with E-state index in [1.165, 1.54) is 0 Å². The van der Waals surface area contributed by atoms with Crippen LogP contribution in [0.4, 0.5) is 4.79 Å². The van der Waals surface area contributed by atoms with Crippen LogP contribution in [0.1, 0.15) is 19.8 Å². The molecule has 2 aliphatic rings. The lowest BCUT2D eigenvalue weighted by molar-refractivity contribution is -0.143. The Bertz CT molecular complexity index is 416. The number of carboxylic acid groups (broad SMARTS) is 1. The van der Waals surface area contributed by atoms with Crippen LogP contribution in [0.25, 0.3) is 0 Å². The number of carbonyl (C=O) groups excluding carboxylic acids is 2. The van der Waals surface area contributed by atoms with E-state index in [9.17, 15) is 14.4 Å². The number of nitrogens with zero attached hydrogens (tertiary/aromatic N) is 2. The van der Waals surface area contributed by atoms with Crippen LogP contribution in [0.2, 0.25) is 0 Å². The Morgan fingerprint density at radius 3 is 2.33 bits per heavy atom. The minimum absolute atomic E-state index is 0.160. The molecule has 3 amide bonds. The van der Waals surface area contributed by atoms with Crippen LogP contribution in [0.5, 0.6) is 0 Å². The number of urea groups is 1. The molecule has 1 saturated heterocycles. The van der Waals surface area contributed by atoms with E-state index >= 15 is 0 Å². The third kappa shape index (κ3) is 4.98. The molecule has 2 fully saturated rings. The zero-order chi connectivity index (χ0) is 15.4. The van der Waals surface area contributed by atoms with Crippen LogP contribution in [0.3, 0.4) is 0 Å². The Morgan fingerprint density at radius 2 is 1.81 bits per heavy atom. The lowest BCUT2D eigenvalue weighted by Crippen LogP contribution is -2.54. The van der Waals surface area contributed by atoms with Crippen LogP contribution in [0, 0.1) is 0 Å². The fraction of sp³-hybridized carbons (Fsp3) is 0.769. The molecule has 8 nitrogen and oxygen atoms in total. The molecular weight excluding hydrogens is 276 g/mol. The summed E-state index contributed by atoms with van der Waals surface area (Å²) < 4.78 is 0. The summed E-state index contributed by atoms with van der Waals surface area (Å²) >= 11 is 0. The average molecular weight is 298 g/mol. The van der Waals surface area contributed by atoms with Crippen molar-refractivity contribution in [1.29, 1.82) is 0 Å². The first kappa shape index (κ1) is 15.7. The summed E-state index contributed by atoms with van der Waals surface area (Å²) in [5.41, 5.74) is 0. The number of carboxylic acids is 1. The molecule has 0 aromatic heterocycles. The van der Waals surface area contributed by atoms with E-state index in [1.54, 1.807) is 6.92 Å². The zero-order valence-electron chi connectivity index (χ0n) is 12.2. The summed E-state index contributed by atoms with van der Waals surface area (Å²) in [6, 6.07) is -0.718. The van der Waals surface area contributed by atoms with Gasteiger partial charge in [0.05, 0.1) is 6.54 Å². The molecule has 0 radical (unpaired) electrons. The van der Waals surface area contributed by atoms with Crippen LogP contribution < -0.4 is 10.6 Å². The van der Waals surface area contributed by atoms with E-state index < -0.39 is 18.0 Å². The number of amides is 3. The normalized spacial score (nSPS) is 21.6. The molecule has 1 aliphatic heterocycles. The number of aliphatic carboxylic acids is 1. The molecule has 0 spiro atoms. The van der Waals surface area contributed by atoms with Gasteiger partial charge in [-0.05, 0) is 19.8 Å². The van der Waals surface area contributed by atoms with Gasteiger partial charge in [-0.1, -0.05) is 0 Å². The molecule has 1 aliphatic carbocycles. The molecule has 1 atom stereocenters. The lowest BCUT2D eigenvalue weighted by atomic mass is 10.2. The largest absolute Gasteiger partial charge is 0.480 e. The first-order valence-corrected chi connectivity index (χ1v) is 7.25. The Kier molecular flexibility index (Phi) is 5.13. The molecule has 0 aromatic carbocycles. The van der Waals surface area contributed by atoms with Gasteiger partial charge in [-0.3, -0.25) is 24.7 Å². The Labute approximate surface area is 123 Å². The monoisotopic (exact) mass is 298 g/mol. The molecule has 1 unspecified atom stereocenters. The molecular formula is C13H22N4O4. The summed E-state index contributed by atoms with van der Waals surface area (Å²) in [5.74, 6) is -1.16. The number of piperazine rings is 1. The highest BCUT2D eigenvalue weighted by Gasteiger charge is 2.27. The molecule has 118 valence electrons. The van der Waals surface area contributed by atoms with Crippen molar-refractivity contribution in [2.75, 3.05) is 32.7 Å². The van der Waals surface area contributed by atoms with Gasteiger partial charge in [0.2, 0.25) is 5.91 Å². The fourth-order valence-corrected chi connectivity index (χ4v) is 2.28. The van der Waals surface area contributed by atoms with Gasteiger partial charge < -0.3 is 10.4 Å². The van der Waals surface area contributed by atoms with Gasteiger partial charge in [0.25, 0.3) is 0 Å². The Morgan fingerprint density at radius 1 is 1.19 bits per heavy atom. The molecule has 8 heteroatoms. The third-order valence-corrected chi connectivity index (χ3v) is 3.84. The number of rotatable bonds is 5. The van der Waals surface area contributed by atoms with E-state index in [4.69, 9.17) is 5.11 Å². The second kappa shape index (κ2) is 6.86. The van der Waals surface area contributed by atoms with Crippen molar-refractivity contribution in [2.24, 2.45) is 0 Å². The maximum absolute atomic E-state index is 11.7. The van der Waals surface area contributed by atoms with E-state index in [0.717, 1.165) is 12.8 Å². The van der Waals surface area contributed by atoms with E-state index in [2.05, 4.69) is 10.6 Å². The van der Waals surface area contributed by atoms with Crippen molar-refractivity contribution in [1.82, 2.24) is 20.4 Å². The van der Waals surface area contributed by atoms with Crippen molar-refractivity contribution < 1.29 is 19.5 Å². The molecule has 0 aromatic rings. The second-order valence-corrected chi connectivity index (χ2v) is 5.62. The smallest absolute Gasteiger partial charge is 0.321 e. The lowest BCUT2D eigenvalue weighted by Gasteiger charge is -2.36. The first-order chi connectivity index (χ1) is 9.95. The standard InChI is InChI=1S/C13H22N4O4/c1-9(12(19)20)17-6-4-16(5-7-17)8-11(18)15-13(21)14-10-2-3-10/h9-10H,2-8H2,1H3,(H,19,20)(H2,14,15,18,21). The molecule has 0 bridgehead atoms. The summed E-state index contributed by atoms with van der Waals surface area (Å²) in [7, 11) is 0. The van der Waals surface area contributed by atoms with Crippen molar-refractivity contribution in [3.63, 3.8) is 0 Å². The van der Waals surface area contributed by atoms with Crippen LogP contribution >= 0.6 is 0 Å². The highest BCUT2D eigenvalue weighted by Crippen LogP contribution is 2.18. The Hall–Kier alpha value is -1.67. The number of imide groups is 1. The van der Waals surface area contributed by atoms with Crippen molar-refractivity contribution in [3.05, 3.63) is 0 Å². The number of hydrogen-bond donors (Lipinski definition) is 3. The van der Waals surface area contributed by atoms with Gasteiger partial charge in [0, 0.05) is 32.2 Å². The van der Waals surface area contributed by atoms with E-state index in [-0.39, 0.29) is 18.5 Å². The highest BCUT2D eigenvalue weighted by atomic mass is 16.4. The van der Waals surface area contributed by atoms with Gasteiger partial charge >= 0.3 is 12.0 Å². The summed E-state index contributed by atoms with van der Waals surface area (Å²) in [6.45, 7) is 4.27. The van der Waals surface area contributed by atoms with Crippen molar-refractivity contribution in [2.45, 2.75) is 31.8 Å². The van der Waals surface area contributed by atoms with Gasteiger partial charge in [-0.15, -0.1) is 0 Å². The minimum atomic E-state index is -0.835. The van der Waals surface area contributed by atoms with Crippen LogP contribution in [-0.2, 0) is 9.59 Å². The number of nitrogens with one attached hydrogen (secondary N) is 2. The quantitative estimate of drug-likeness (QED) is 0.606. The predicted octanol–water partition coefficient (Wildman–Crippen LogP) is -0.935. The predicted molar refractivity (Wildman–Crippen MR) is 74.8 cm³/mol. The highest BCUT2D eigenvalue weighted by molar-refractivity contribution is 5.95. The molecule has 2 rings (SSSR count). The summed E-state index contributed by atoms with van der Waals surface area (Å²) in [6.07, 6.45) is 1.96. The van der Waals surface area contributed by atoms with Crippen LogP contribution in [0.15, 0.2) is 0 Å². The maximum atomic E-state index is 11.7. The molecule has 3 N–H and O–H groups in total. The van der Waals surface area contributed by atoms with E-state index in [1.807, 2.05) is 9.80 Å². The second-order valence-electron chi connectivity index (χ2n) is 5.62. The SMILES string of the molecule is CC(C(=O)O)N1CCN(CC(=O)NC(=O)NC2CC2)CC1. The molecule has 1 saturated carbocycles.